The number of anilines is 1. The van der Waals surface area contributed by atoms with E-state index in [0.717, 1.165) is 25.7 Å². The Kier molecular flexibility index (Phi) is 6.73. The third-order valence-electron chi connectivity index (χ3n) is 4.34. The molecule has 0 aliphatic carbocycles. The first-order valence-corrected chi connectivity index (χ1v) is 9.38. The number of benzene rings is 2. The Hall–Kier alpha value is -3.21. The molecule has 3 aromatic rings. The maximum Gasteiger partial charge on any atom is 0.255 e. The van der Waals surface area contributed by atoms with Crippen LogP contribution in [0.3, 0.4) is 0 Å². The molecule has 5 heteroatoms. The summed E-state index contributed by atoms with van der Waals surface area (Å²) in [5, 5.41) is 3.49. The van der Waals surface area contributed by atoms with Gasteiger partial charge in [0, 0.05) is 16.6 Å². The number of carbonyl (C=O) groups excluding carboxylic acids is 1. The van der Waals surface area contributed by atoms with E-state index in [9.17, 15) is 9.18 Å². The van der Waals surface area contributed by atoms with Crippen molar-refractivity contribution in [3.63, 3.8) is 0 Å². The molecule has 1 aromatic heterocycles. The minimum Gasteiger partial charge on any atom is -0.489 e. The quantitative estimate of drug-likeness (QED) is 0.293. The molecule has 0 atom stereocenters. The van der Waals surface area contributed by atoms with Crippen molar-refractivity contribution in [2.45, 2.75) is 25.7 Å². The van der Waals surface area contributed by atoms with Gasteiger partial charge in [0.05, 0.1) is 12.1 Å². The average molecular weight is 378 g/mol. The number of amides is 1. The number of fused-ring (bicyclic) bond motifs is 1. The monoisotopic (exact) mass is 378 g/mol. The number of unbranched alkanes of at least 4 members (excludes halogenated alkanes) is 3. The Morgan fingerprint density at radius 2 is 1.93 bits per heavy atom. The van der Waals surface area contributed by atoms with Gasteiger partial charge in [-0.25, -0.2) is 4.98 Å². The highest BCUT2D eigenvalue weighted by molar-refractivity contribution is 6.06. The molecule has 1 heterocycles. The van der Waals surface area contributed by atoms with Gasteiger partial charge in [-0.3, -0.25) is 4.79 Å². The maximum atomic E-state index is 14.2. The number of hydrogen-bond donors (Lipinski definition) is 1. The van der Waals surface area contributed by atoms with Gasteiger partial charge in [0.15, 0.2) is 5.75 Å². The van der Waals surface area contributed by atoms with Crippen LogP contribution in [0, 0.1) is 5.95 Å². The predicted octanol–water partition coefficient (Wildman–Crippen LogP) is 5.75. The molecule has 3 rings (SSSR count). The molecule has 0 aliphatic rings. The number of nitrogens with zero attached hydrogens (tertiary/aromatic N) is 1. The lowest BCUT2D eigenvalue weighted by molar-refractivity contribution is 0.102. The van der Waals surface area contributed by atoms with Gasteiger partial charge in [0.2, 0.25) is 0 Å². The van der Waals surface area contributed by atoms with Crippen molar-refractivity contribution in [2.75, 3.05) is 11.9 Å². The van der Waals surface area contributed by atoms with E-state index in [1.54, 1.807) is 24.3 Å². The molecule has 0 radical (unpaired) electrons. The molecule has 0 spiro atoms. The fraction of sp³-hybridized carbons (Fsp3) is 0.217. The summed E-state index contributed by atoms with van der Waals surface area (Å²) in [6.07, 6.45) is 5.74. The molecule has 0 bridgehead atoms. The minimum absolute atomic E-state index is 0.108. The van der Waals surface area contributed by atoms with E-state index in [4.69, 9.17) is 4.74 Å². The molecule has 0 unspecified atom stereocenters. The number of halogens is 1. The van der Waals surface area contributed by atoms with Crippen LogP contribution in [0.25, 0.3) is 10.9 Å². The van der Waals surface area contributed by atoms with Crippen LogP contribution in [-0.2, 0) is 0 Å². The summed E-state index contributed by atoms with van der Waals surface area (Å²) in [6.45, 7) is 4.12. The van der Waals surface area contributed by atoms with Crippen molar-refractivity contribution < 1.29 is 13.9 Å². The van der Waals surface area contributed by atoms with E-state index < -0.39 is 5.95 Å². The summed E-state index contributed by atoms with van der Waals surface area (Å²) >= 11 is 0. The first-order valence-electron chi connectivity index (χ1n) is 9.38. The Bertz CT molecular complexity index is 957. The zero-order valence-electron chi connectivity index (χ0n) is 15.7. The lowest BCUT2D eigenvalue weighted by Crippen LogP contribution is -2.11. The van der Waals surface area contributed by atoms with E-state index in [1.165, 1.54) is 0 Å². The topological polar surface area (TPSA) is 51.2 Å². The van der Waals surface area contributed by atoms with Crippen molar-refractivity contribution in [1.82, 2.24) is 4.98 Å². The Balaban J connectivity index is 1.70. The molecule has 0 fully saturated rings. The highest BCUT2D eigenvalue weighted by Crippen LogP contribution is 2.24. The number of rotatable bonds is 9. The molecular formula is C23H23FN2O2. The standard InChI is InChI=1S/C23H23FN2O2/c1-2-3-4-5-9-14-28-21-16-18-15-17(12-13-20(18)26-22(21)24)23(27)25-19-10-7-6-8-11-19/h2,6-8,10-13,15-16H,1,3-5,9,14H2,(H,25,27). The Morgan fingerprint density at radius 3 is 2.71 bits per heavy atom. The van der Waals surface area contributed by atoms with Crippen LogP contribution >= 0.6 is 0 Å². The van der Waals surface area contributed by atoms with Gasteiger partial charge in [-0.05, 0) is 62.1 Å². The number of aromatic nitrogens is 1. The molecule has 0 saturated heterocycles. The number of pyridine rings is 1. The van der Waals surface area contributed by atoms with Crippen molar-refractivity contribution >= 4 is 22.5 Å². The Labute approximate surface area is 164 Å². The minimum atomic E-state index is -0.639. The van der Waals surface area contributed by atoms with Crippen LogP contribution in [0.15, 0.2) is 67.3 Å². The summed E-state index contributed by atoms with van der Waals surface area (Å²) in [5.74, 6) is -0.765. The average Bonchev–Trinajstić information content (AvgIpc) is 2.71. The number of nitrogens with one attached hydrogen (secondary N) is 1. The van der Waals surface area contributed by atoms with Crippen LogP contribution in [0.1, 0.15) is 36.0 Å². The molecule has 144 valence electrons. The largest absolute Gasteiger partial charge is 0.489 e. The highest BCUT2D eigenvalue weighted by Gasteiger charge is 2.11. The third kappa shape index (κ3) is 5.16. The second-order valence-corrected chi connectivity index (χ2v) is 6.49. The van der Waals surface area contributed by atoms with Gasteiger partial charge in [-0.2, -0.15) is 4.39 Å². The van der Waals surface area contributed by atoms with Gasteiger partial charge in [0.1, 0.15) is 0 Å². The highest BCUT2D eigenvalue weighted by atomic mass is 19.1. The van der Waals surface area contributed by atoms with Crippen LogP contribution in [0.2, 0.25) is 0 Å². The molecule has 28 heavy (non-hydrogen) atoms. The summed E-state index contributed by atoms with van der Waals surface area (Å²) in [6, 6.07) is 15.8. The molecule has 2 aromatic carbocycles. The first kappa shape index (κ1) is 19.5. The lowest BCUT2D eigenvalue weighted by atomic mass is 10.1. The van der Waals surface area contributed by atoms with Gasteiger partial charge < -0.3 is 10.1 Å². The number of para-hydroxylation sites is 1. The van der Waals surface area contributed by atoms with E-state index >= 15 is 0 Å². The van der Waals surface area contributed by atoms with Crippen molar-refractivity contribution in [3.05, 3.63) is 78.8 Å². The predicted molar refractivity (Wildman–Crippen MR) is 110 cm³/mol. The van der Waals surface area contributed by atoms with Crippen LogP contribution < -0.4 is 10.1 Å². The SMILES string of the molecule is C=CCCCCCOc1cc2cc(C(=O)Nc3ccccc3)ccc2nc1F. The fourth-order valence-corrected chi connectivity index (χ4v) is 2.85. The van der Waals surface area contributed by atoms with Crippen LogP contribution in [-0.4, -0.2) is 17.5 Å². The molecule has 0 aliphatic heterocycles. The van der Waals surface area contributed by atoms with Crippen LogP contribution in [0.5, 0.6) is 5.75 Å². The summed E-state index contributed by atoms with van der Waals surface area (Å²) in [7, 11) is 0. The van der Waals surface area contributed by atoms with E-state index in [1.807, 2.05) is 36.4 Å². The summed E-state index contributed by atoms with van der Waals surface area (Å²) in [5.41, 5.74) is 1.66. The van der Waals surface area contributed by atoms with Crippen molar-refractivity contribution in [2.24, 2.45) is 0 Å². The van der Waals surface area contributed by atoms with Gasteiger partial charge in [0.25, 0.3) is 11.9 Å². The number of ether oxygens (including phenoxy) is 1. The Morgan fingerprint density at radius 1 is 1.11 bits per heavy atom. The van der Waals surface area contributed by atoms with Crippen LogP contribution in [0.4, 0.5) is 10.1 Å². The normalized spacial score (nSPS) is 10.6. The van der Waals surface area contributed by atoms with E-state index in [2.05, 4.69) is 16.9 Å². The second kappa shape index (κ2) is 9.65. The molecule has 0 saturated carbocycles. The van der Waals surface area contributed by atoms with E-state index in [-0.39, 0.29) is 11.7 Å². The van der Waals surface area contributed by atoms with Gasteiger partial charge >= 0.3 is 0 Å². The molecule has 1 amide bonds. The first-order chi connectivity index (χ1) is 13.7. The summed E-state index contributed by atoms with van der Waals surface area (Å²) in [4.78, 5) is 16.4. The smallest absolute Gasteiger partial charge is 0.255 e. The van der Waals surface area contributed by atoms with Crippen molar-refractivity contribution in [1.29, 1.82) is 0 Å². The number of hydrogen-bond acceptors (Lipinski definition) is 3. The summed E-state index contributed by atoms with van der Waals surface area (Å²) < 4.78 is 19.7. The maximum absolute atomic E-state index is 14.2. The van der Waals surface area contributed by atoms with Gasteiger partial charge in [-0.1, -0.05) is 24.3 Å². The lowest BCUT2D eigenvalue weighted by Gasteiger charge is -2.09. The van der Waals surface area contributed by atoms with Crippen molar-refractivity contribution in [3.8, 4) is 5.75 Å². The van der Waals surface area contributed by atoms with Gasteiger partial charge in [-0.15, -0.1) is 6.58 Å². The zero-order chi connectivity index (χ0) is 19.8. The zero-order valence-corrected chi connectivity index (χ0v) is 15.7. The van der Waals surface area contributed by atoms with E-state index in [0.29, 0.717) is 28.8 Å². The number of carbonyl (C=O) groups is 1. The fourth-order valence-electron chi connectivity index (χ4n) is 2.85. The third-order valence-corrected chi connectivity index (χ3v) is 4.34. The molecular weight excluding hydrogens is 355 g/mol. The second-order valence-electron chi connectivity index (χ2n) is 6.49. The number of allylic oxidation sites excluding steroid dienone is 1. The molecule has 4 nitrogen and oxygen atoms in total. The molecule has 1 N–H and O–H groups in total.